The third kappa shape index (κ3) is 4.54. The molecule has 3 atom stereocenters. The fraction of sp³-hybridized carbons (Fsp3) is 0.526. The zero-order chi connectivity index (χ0) is 17.8. The Kier molecular flexibility index (Phi) is 6.35. The van der Waals surface area contributed by atoms with Gasteiger partial charge in [-0.3, -0.25) is 4.79 Å². The highest BCUT2D eigenvalue weighted by Crippen LogP contribution is 2.40. The van der Waals surface area contributed by atoms with E-state index in [1.54, 1.807) is 4.90 Å². The lowest BCUT2D eigenvalue weighted by Crippen LogP contribution is -2.37. The van der Waals surface area contributed by atoms with E-state index < -0.39 is 6.29 Å². The molecule has 0 aromatic heterocycles. The van der Waals surface area contributed by atoms with Gasteiger partial charge in [-0.1, -0.05) is 12.1 Å². The van der Waals surface area contributed by atoms with Crippen molar-refractivity contribution in [1.82, 2.24) is 4.90 Å². The molecule has 3 rings (SSSR count). The molecule has 2 aliphatic rings. The average molecular weight is 457 g/mol. The Hall–Kier alpha value is -1.12. The number of nitrogens with zero attached hydrogens (tertiary/aromatic N) is 1. The number of ether oxygens (including phenoxy) is 2. The summed E-state index contributed by atoms with van der Waals surface area (Å²) in [6.45, 7) is 4.17. The van der Waals surface area contributed by atoms with Gasteiger partial charge < -0.3 is 19.5 Å². The molecule has 0 spiro atoms. The Bertz CT molecular complexity index is 627. The Balaban J connectivity index is 1.93. The second-order valence-electron chi connectivity index (χ2n) is 6.37. The molecule has 1 N–H and O–H groups in total. The van der Waals surface area contributed by atoms with Crippen molar-refractivity contribution < 1.29 is 19.4 Å². The van der Waals surface area contributed by atoms with Crippen molar-refractivity contribution in [1.29, 1.82) is 0 Å². The minimum absolute atomic E-state index is 0.0350. The van der Waals surface area contributed by atoms with Crippen molar-refractivity contribution in [3.63, 3.8) is 0 Å². The van der Waals surface area contributed by atoms with E-state index in [1.165, 1.54) is 3.57 Å². The molecule has 2 aliphatic heterocycles. The van der Waals surface area contributed by atoms with E-state index in [2.05, 4.69) is 46.9 Å². The fourth-order valence-corrected chi connectivity index (χ4v) is 3.59. The SMILES string of the molecule is CCO[C@H]1OC(C(=O)N2CC2)=C[C@@H](c2ccc(I)cc2)[C@@H]1CCCO. The number of rotatable bonds is 7. The minimum Gasteiger partial charge on any atom is -0.459 e. The maximum atomic E-state index is 12.5. The Labute approximate surface area is 162 Å². The highest BCUT2D eigenvalue weighted by atomic mass is 127. The molecule has 25 heavy (non-hydrogen) atoms. The zero-order valence-corrected chi connectivity index (χ0v) is 16.5. The lowest BCUT2D eigenvalue weighted by atomic mass is 9.80. The van der Waals surface area contributed by atoms with Gasteiger partial charge in [0.05, 0.1) is 0 Å². The Morgan fingerprint density at radius 3 is 2.68 bits per heavy atom. The number of carbonyl (C=O) groups excluding carboxylic acids is 1. The summed E-state index contributed by atoms with van der Waals surface area (Å²) < 4.78 is 12.9. The first-order valence-corrected chi connectivity index (χ1v) is 9.87. The van der Waals surface area contributed by atoms with Crippen LogP contribution in [0.1, 0.15) is 31.2 Å². The highest BCUT2D eigenvalue weighted by molar-refractivity contribution is 14.1. The molecule has 2 heterocycles. The van der Waals surface area contributed by atoms with Crippen molar-refractivity contribution in [3.05, 3.63) is 45.2 Å². The van der Waals surface area contributed by atoms with Gasteiger partial charge in [0.1, 0.15) is 0 Å². The second-order valence-corrected chi connectivity index (χ2v) is 7.62. The van der Waals surface area contributed by atoms with Crippen molar-refractivity contribution >= 4 is 28.5 Å². The highest BCUT2D eigenvalue weighted by Gasteiger charge is 2.40. The molecule has 0 radical (unpaired) electrons. The number of amides is 1. The largest absolute Gasteiger partial charge is 0.459 e. The van der Waals surface area contributed by atoms with Gasteiger partial charge in [0.15, 0.2) is 5.76 Å². The van der Waals surface area contributed by atoms with Crippen molar-refractivity contribution in [3.8, 4) is 0 Å². The first kappa shape index (κ1) is 18.7. The van der Waals surface area contributed by atoms with Gasteiger partial charge in [0.2, 0.25) is 6.29 Å². The molecule has 0 bridgehead atoms. The van der Waals surface area contributed by atoms with Gasteiger partial charge in [-0.05, 0) is 66.1 Å². The summed E-state index contributed by atoms with van der Waals surface area (Å²) in [7, 11) is 0. The standard InChI is InChI=1S/C19H24INO4/c1-2-24-19-15(4-3-11-22)16(13-5-7-14(20)8-6-13)12-17(25-19)18(23)21-9-10-21/h5-8,12,15-16,19,22H,2-4,9-11H2,1H3/t15-,16-,19-/m0/s1. The molecule has 1 saturated heterocycles. The summed E-state index contributed by atoms with van der Waals surface area (Å²) in [5.41, 5.74) is 1.15. The Morgan fingerprint density at radius 2 is 2.08 bits per heavy atom. The lowest BCUT2D eigenvalue weighted by Gasteiger charge is -2.37. The van der Waals surface area contributed by atoms with Crippen LogP contribution in [-0.4, -0.2) is 48.5 Å². The van der Waals surface area contributed by atoms with Crippen molar-refractivity contribution in [2.45, 2.75) is 32.0 Å². The smallest absolute Gasteiger partial charge is 0.288 e. The van der Waals surface area contributed by atoms with Crippen LogP contribution < -0.4 is 0 Å². The molecule has 0 unspecified atom stereocenters. The van der Waals surface area contributed by atoms with Crippen LogP contribution in [0.2, 0.25) is 0 Å². The number of hydrogen-bond donors (Lipinski definition) is 1. The van der Waals surface area contributed by atoms with E-state index in [9.17, 15) is 9.90 Å². The third-order valence-corrected chi connectivity index (χ3v) is 5.33. The van der Waals surface area contributed by atoms with Gasteiger partial charge in [0.25, 0.3) is 5.91 Å². The number of hydrogen-bond acceptors (Lipinski definition) is 4. The molecule has 1 aromatic carbocycles. The number of halogens is 1. The topological polar surface area (TPSA) is 58.8 Å². The molecule has 1 amide bonds. The molecule has 0 aliphatic carbocycles. The Morgan fingerprint density at radius 1 is 1.36 bits per heavy atom. The molecule has 136 valence electrons. The number of aliphatic hydroxyl groups excluding tert-OH is 1. The number of aliphatic hydroxyl groups is 1. The fourth-order valence-electron chi connectivity index (χ4n) is 3.23. The van der Waals surface area contributed by atoms with Crippen LogP contribution in [0, 0.1) is 9.49 Å². The van der Waals surface area contributed by atoms with Crippen molar-refractivity contribution in [2.75, 3.05) is 26.3 Å². The minimum atomic E-state index is -0.468. The number of carbonyl (C=O) groups is 1. The van der Waals surface area contributed by atoms with Gasteiger partial charge in [-0.25, -0.2) is 0 Å². The monoisotopic (exact) mass is 457 g/mol. The van der Waals surface area contributed by atoms with E-state index in [-0.39, 0.29) is 24.3 Å². The number of allylic oxidation sites excluding steroid dienone is 1. The van der Waals surface area contributed by atoms with Crippen LogP contribution in [0.15, 0.2) is 36.1 Å². The molecule has 6 heteroatoms. The summed E-state index contributed by atoms with van der Waals surface area (Å²) in [4.78, 5) is 14.3. The molecule has 1 fully saturated rings. The van der Waals surface area contributed by atoms with Crippen LogP contribution in [0.4, 0.5) is 0 Å². The van der Waals surface area contributed by atoms with Crippen LogP contribution >= 0.6 is 22.6 Å². The van der Waals surface area contributed by atoms with E-state index in [0.29, 0.717) is 18.8 Å². The molecule has 5 nitrogen and oxygen atoms in total. The van der Waals surface area contributed by atoms with Crippen LogP contribution in [-0.2, 0) is 14.3 Å². The zero-order valence-electron chi connectivity index (χ0n) is 14.4. The quantitative estimate of drug-likeness (QED) is 0.506. The molecular weight excluding hydrogens is 433 g/mol. The van der Waals surface area contributed by atoms with E-state index in [1.807, 2.05) is 13.0 Å². The summed E-state index contributed by atoms with van der Waals surface area (Å²) >= 11 is 2.29. The van der Waals surface area contributed by atoms with E-state index in [4.69, 9.17) is 9.47 Å². The first-order valence-electron chi connectivity index (χ1n) is 8.79. The molecule has 1 aromatic rings. The molecular formula is C19H24INO4. The normalized spacial score (nSPS) is 25.3. The van der Waals surface area contributed by atoms with E-state index >= 15 is 0 Å². The van der Waals surface area contributed by atoms with Crippen LogP contribution in [0.3, 0.4) is 0 Å². The van der Waals surface area contributed by atoms with Crippen LogP contribution in [0.5, 0.6) is 0 Å². The van der Waals surface area contributed by atoms with Crippen LogP contribution in [0.25, 0.3) is 0 Å². The van der Waals surface area contributed by atoms with Gasteiger partial charge >= 0.3 is 0 Å². The first-order chi connectivity index (χ1) is 12.1. The van der Waals surface area contributed by atoms with Gasteiger partial charge in [-0.2, -0.15) is 0 Å². The number of benzene rings is 1. The van der Waals surface area contributed by atoms with Gasteiger partial charge in [-0.15, -0.1) is 0 Å². The van der Waals surface area contributed by atoms with Crippen molar-refractivity contribution in [2.24, 2.45) is 5.92 Å². The summed E-state index contributed by atoms with van der Waals surface area (Å²) in [6, 6.07) is 8.35. The predicted octanol–water partition coefficient (Wildman–Crippen LogP) is 2.88. The summed E-state index contributed by atoms with van der Waals surface area (Å²) in [5, 5.41) is 9.27. The predicted molar refractivity (Wildman–Crippen MR) is 103 cm³/mol. The molecule has 0 saturated carbocycles. The summed E-state index contributed by atoms with van der Waals surface area (Å²) in [6.07, 6.45) is 2.94. The second kappa shape index (κ2) is 8.51. The maximum absolute atomic E-state index is 12.5. The average Bonchev–Trinajstić information content (AvgIpc) is 3.45. The third-order valence-electron chi connectivity index (χ3n) is 4.61. The summed E-state index contributed by atoms with van der Waals surface area (Å²) in [5.74, 6) is 0.436. The van der Waals surface area contributed by atoms with Gasteiger partial charge in [0, 0.05) is 41.7 Å². The van der Waals surface area contributed by atoms with E-state index in [0.717, 1.165) is 25.1 Å². The lowest BCUT2D eigenvalue weighted by molar-refractivity contribution is -0.168. The maximum Gasteiger partial charge on any atom is 0.288 e.